The van der Waals surface area contributed by atoms with E-state index in [1.807, 2.05) is 6.07 Å². The number of H-pyrrole nitrogens is 1. The third kappa shape index (κ3) is 4.50. The van der Waals surface area contributed by atoms with Gasteiger partial charge in [-0.05, 0) is 65.1 Å². The van der Waals surface area contributed by atoms with Gasteiger partial charge in [-0.2, -0.15) is 0 Å². The number of nitrogens with one attached hydrogen (secondary N) is 2. The zero-order valence-electron chi connectivity index (χ0n) is 13.7. The highest BCUT2D eigenvalue weighted by atomic mass is 127. The summed E-state index contributed by atoms with van der Waals surface area (Å²) >= 11 is 3.32. The SMILES string of the molecule is CC(=O)Nc1ccc(C(=O)CSc2nc3ccc(I)cc3c(=O)[nH]2)cc1. The van der Waals surface area contributed by atoms with Crippen molar-refractivity contribution in [1.29, 1.82) is 0 Å². The van der Waals surface area contributed by atoms with E-state index in [9.17, 15) is 14.4 Å². The molecular weight excluding hydrogens is 465 g/mol. The van der Waals surface area contributed by atoms with Crippen molar-refractivity contribution in [3.63, 3.8) is 0 Å². The molecule has 1 aromatic heterocycles. The van der Waals surface area contributed by atoms with Crippen LogP contribution in [0.1, 0.15) is 17.3 Å². The Balaban J connectivity index is 1.71. The molecule has 0 fully saturated rings. The number of hydrogen-bond donors (Lipinski definition) is 2. The predicted molar refractivity (Wildman–Crippen MR) is 111 cm³/mol. The maximum atomic E-state index is 12.3. The molecule has 0 aliphatic rings. The Hall–Kier alpha value is -2.20. The quantitative estimate of drug-likeness (QED) is 0.253. The number of anilines is 1. The van der Waals surface area contributed by atoms with E-state index >= 15 is 0 Å². The summed E-state index contributed by atoms with van der Waals surface area (Å²) in [5.41, 5.74) is 1.55. The second kappa shape index (κ2) is 8.00. The Morgan fingerprint density at radius 2 is 1.92 bits per heavy atom. The van der Waals surface area contributed by atoms with Crippen LogP contribution in [-0.2, 0) is 4.79 Å². The van der Waals surface area contributed by atoms with Gasteiger partial charge < -0.3 is 10.3 Å². The van der Waals surface area contributed by atoms with Crippen molar-refractivity contribution < 1.29 is 9.59 Å². The number of nitrogens with zero attached hydrogens (tertiary/aromatic N) is 1. The number of fused-ring (bicyclic) bond motifs is 1. The van der Waals surface area contributed by atoms with Crippen molar-refractivity contribution in [3.05, 3.63) is 62.0 Å². The lowest BCUT2D eigenvalue weighted by Gasteiger charge is -2.05. The number of carbonyl (C=O) groups excluding carboxylic acids is 2. The number of halogens is 1. The van der Waals surface area contributed by atoms with Crippen LogP contribution in [0.2, 0.25) is 0 Å². The van der Waals surface area contributed by atoms with Gasteiger partial charge in [0.25, 0.3) is 5.56 Å². The van der Waals surface area contributed by atoms with Crippen LogP contribution in [0.25, 0.3) is 10.9 Å². The van der Waals surface area contributed by atoms with Gasteiger partial charge in [-0.25, -0.2) is 4.98 Å². The van der Waals surface area contributed by atoms with Crippen molar-refractivity contribution >= 4 is 62.6 Å². The van der Waals surface area contributed by atoms with Crippen molar-refractivity contribution in [3.8, 4) is 0 Å². The standard InChI is InChI=1S/C18H14IN3O3S/c1-10(23)20-13-5-2-11(3-6-13)16(24)9-26-18-21-15-7-4-12(19)8-14(15)17(25)22-18/h2-8H,9H2,1H3,(H,20,23)(H,21,22,25). The third-order valence-corrected chi connectivity index (χ3v) is 5.06. The first-order valence-electron chi connectivity index (χ1n) is 7.65. The number of ketones is 1. The van der Waals surface area contributed by atoms with Crippen LogP contribution in [0.15, 0.2) is 52.4 Å². The second-order valence-electron chi connectivity index (χ2n) is 5.50. The smallest absolute Gasteiger partial charge is 0.259 e. The zero-order chi connectivity index (χ0) is 18.7. The first-order valence-corrected chi connectivity index (χ1v) is 9.72. The Kier molecular flexibility index (Phi) is 5.72. The van der Waals surface area contributed by atoms with Crippen molar-refractivity contribution in [2.75, 3.05) is 11.1 Å². The van der Waals surface area contributed by atoms with Crippen LogP contribution < -0.4 is 10.9 Å². The number of benzene rings is 2. The number of hydrogen-bond acceptors (Lipinski definition) is 5. The van der Waals surface area contributed by atoms with E-state index in [4.69, 9.17) is 0 Å². The average Bonchev–Trinajstić information content (AvgIpc) is 2.60. The largest absolute Gasteiger partial charge is 0.326 e. The molecule has 2 N–H and O–H groups in total. The van der Waals surface area contributed by atoms with Gasteiger partial charge in [0.15, 0.2) is 10.9 Å². The highest BCUT2D eigenvalue weighted by molar-refractivity contribution is 14.1. The normalized spacial score (nSPS) is 10.7. The van der Waals surface area contributed by atoms with Crippen molar-refractivity contribution in [2.45, 2.75) is 12.1 Å². The number of carbonyl (C=O) groups is 2. The summed E-state index contributed by atoms with van der Waals surface area (Å²) in [5, 5.41) is 3.59. The Morgan fingerprint density at radius 1 is 1.19 bits per heavy atom. The second-order valence-corrected chi connectivity index (χ2v) is 7.71. The minimum absolute atomic E-state index is 0.0882. The van der Waals surface area contributed by atoms with E-state index in [2.05, 4.69) is 37.9 Å². The summed E-state index contributed by atoms with van der Waals surface area (Å²) in [4.78, 5) is 42.6. The van der Waals surface area contributed by atoms with E-state index in [0.717, 1.165) is 3.57 Å². The van der Waals surface area contributed by atoms with Gasteiger partial charge in [0.2, 0.25) is 5.91 Å². The summed E-state index contributed by atoms with van der Waals surface area (Å²) in [6.45, 7) is 1.42. The van der Waals surface area contributed by atoms with Crippen LogP contribution in [0.4, 0.5) is 5.69 Å². The third-order valence-electron chi connectivity index (χ3n) is 3.51. The van der Waals surface area contributed by atoms with E-state index in [1.165, 1.54) is 18.7 Å². The van der Waals surface area contributed by atoms with Gasteiger partial charge in [-0.3, -0.25) is 14.4 Å². The highest BCUT2D eigenvalue weighted by Crippen LogP contribution is 2.19. The molecule has 0 saturated carbocycles. The topological polar surface area (TPSA) is 91.9 Å². The number of Topliss-reactive ketones (excluding diaryl/α,β-unsaturated/α-hetero) is 1. The molecule has 8 heteroatoms. The van der Waals surface area contributed by atoms with Crippen molar-refractivity contribution in [1.82, 2.24) is 9.97 Å². The number of thioether (sulfide) groups is 1. The van der Waals surface area contributed by atoms with Crippen LogP contribution in [0.3, 0.4) is 0 Å². The molecule has 0 radical (unpaired) electrons. The zero-order valence-corrected chi connectivity index (χ0v) is 16.7. The predicted octanol–water partition coefficient (Wildman–Crippen LogP) is 3.46. The molecule has 0 bridgehead atoms. The summed E-state index contributed by atoms with van der Waals surface area (Å²) in [6.07, 6.45) is 0. The maximum Gasteiger partial charge on any atom is 0.259 e. The summed E-state index contributed by atoms with van der Waals surface area (Å²) in [5.74, 6) is -0.103. The highest BCUT2D eigenvalue weighted by Gasteiger charge is 2.10. The summed E-state index contributed by atoms with van der Waals surface area (Å²) < 4.78 is 0.959. The fourth-order valence-corrected chi connectivity index (χ4v) is 3.57. The first kappa shape index (κ1) is 18.6. The Bertz CT molecular complexity index is 1050. The number of amides is 1. The molecule has 0 spiro atoms. The molecule has 3 aromatic rings. The monoisotopic (exact) mass is 479 g/mol. The van der Waals surface area contributed by atoms with Crippen LogP contribution >= 0.6 is 34.4 Å². The average molecular weight is 479 g/mol. The van der Waals surface area contributed by atoms with E-state index < -0.39 is 0 Å². The number of aromatic nitrogens is 2. The Morgan fingerprint density at radius 3 is 2.62 bits per heavy atom. The van der Waals surface area contributed by atoms with Gasteiger partial charge in [0, 0.05) is 21.7 Å². The molecule has 132 valence electrons. The Labute approximate surface area is 166 Å². The summed E-state index contributed by atoms with van der Waals surface area (Å²) in [7, 11) is 0. The van der Waals surface area contributed by atoms with E-state index in [0.29, 0.717) is 27.3 Å². The molecule has 0 atom stereocenters. The number of rotatable bonds is 5. The molecule has 0 aliphatic carbocycles. The van der Waals surface area contributed by atoms with Crippen LogP contribution in [0.5, 0.6) is 0 Å². The molecule has 6 nitrogen and oxygen atoms in total. The lowest BCUT2D eigenvalue weighted by atomic mass is 10.1. The number of aromatic amines is 1. The molecule has 0 saturated heterocycles. The van der Waals surface area contributed by atoms with Crippen molar-refractivity contribution in [2.24, 2.45) is 0 Å². The molecule has 26 heavy (non-hydrogen) atoms. The lowest BCUT2D eigenvalue weighted by molar-refractivity contribution is -0.114. The van der Waals surface area contributed by atoms with Crippen LogP contribution in [0, 0.1) is 3.57 Å². The van der Waals surface area contributed by atoms with Gasteiger partial charge in [-0.15, -0.1) is 0 Å². The molecule has 2 aromatic carbocycles. The van der Waals surface area contributed by atoms with Gasteiger partial charge in [0.05, 0.1) is 16.7 Å². The van der Waals surface area contributed by atoms with Crippen LogP contribution in [-0.4, -0.2) is 27.4 Å². The molecule has 0 unspecified atom stereocenters. The lowest BCUT2D eigenvalue weighted by Crippen LogP contribution is -2.11. The van der Waals surface area contributed by atoms with Gasteiger partial charge in [0.1, 0.15) is 0 Å². The molecular formula is C18H14IN3O3S. The minimum atomic E-state index is -0.219. The van der Waals surface area contributed by atoms with E-state index in [-0.39, 0.29) is 23.0 Å². The molecule has 0 aliphatic heterocycles. The van der Waals surface area contributed by atoms with Gasteiger partial charge in [-0.1, -0.05) is 11.8 Å². The molecule has 3 rings (SSSR count). The fraction of sp³-hybridized carbons (Fsp3) is 0.111. The van der Waals surface area contributed by atoms with Gasteiger partial charge >= 0.3 is 0 Å². The summed E-state index contributed by atoms with van der Waals surface area (Å²) in [6, 6.07) is 12.1. The maximum absolute atomic E-state index is 12.3. The fourth-order valence-electron chi connectivity index (χ4n) is 2.32. The van der Waals surface area contributed by atoms with E-state index in [1.54, 1.807) is 36.4 Å². The molecule has 1 amide bonds. The first-order chi connectivity index (χ1) is 12.4. The minimum Gasteiger partial charge on any atom is -0.326 e. The molecule has 1 heterocycles.